The molecule has 0 aromatic heterocycles. The van der Waals surface area contributed by atoms with Gasteiger partial charge in [0.2, 0.25) is 10.0 Å². The molecule has 1 fully saturated rings. The lowest BCUT2D eigenvalue weighted by Crippen LogP contribution is -2.43. The molecular formula is C14H20BrNO3S. The van der Waals surface area contributed by atoms with Gasteiger partial charge in [0.15, 0.2) is 0 Å². The molecule has 0 amide bonds. The van der Waals surface area contributed by atoms with Gasteiger partial charge in [-0.2, -0.15) is 4.31 Å². The molecule has 0 bridgehead atoms. The van der Waals surface area contributed by atoms with Crippen molar-refractivity contribution >= 4 is 26.0 Å². The molecule has 1 heterocycles. The molecule has 112 valence electrons. The Hall–Kier alpha value is -0.430. The second kappa shape index (κ2) is 7.02. The number of hydrogen-bond donors (Lipinski definition) is 0. The van der Waals surface area contributed by atoms with Crippen molar-refractivity contribution < 1.29 is 13.2 Å². The molecule has 2 rings (SSSR count). The topological polar surface area (TPSA) is 46.6 Å². The molecule has 1 aliphatic heterocycles. The summed E-state index contributed by atoms with van der Waals surface area (Å²) < 4.78 is 33.2. The first-order chi connectivity index (χ1) is 9.55. The van der Waals surface area contributed by atoms with Gasteiger partial charge in [-0.25, -0.2) is 8.42 Å². The smallest absolute Gasteiger partial charge is 0.244 e. The van der Waals surface area contributed by atoms with Gasteiger partial charge in [0.05, 0.1) is 11.0 Å². The normalized spacial score (nSPS) is 21.0. The Kier molecular flexibility index (Phi) is 5.60. The zero-order valence-corrected chi connectivity index (χ0v) is 14.0. The third-order valence-corrected chi connectivity index (χ3v) is 6.23. The van der Waals surface area contributed by atoms with Crippen LogP contribution in [0.15, 0.2) is 33.6 Å². The fraction of sp³-hybridized carbons (Fsp3) is 0.571. The van der Waals surface area contributed by atoms with Gasteiger partial charge in [0, 0.05) is 24.2 Å². The number of halogens is 1. The van der Waals surface area contributed by atoms with Gasteiger partial charge in [-0.15, -0.1) is 0 Å². The maximum absolute atomic E-state index is 12.7. The van der Waals surface area contributed by atoms with Crippen molar-refractivity contribution in [2.24, 2.45) is 0 Å². The van der Waals surface area contributed by atoms with E-state index in [0.29, 0.717) is 29.1 Å². The first-order valence-corrected chi connectivity index (χ1v) is 9.15. The lowest BCUT2D eigenvalue weighted by Gasteiger charge is -2.32. The largest absolute Gasteiger partial charge is 0.377 e. The summed E-state index contributed by atoms with van der Waals surface area (Å²) in [7, 11) is -3.44. The molecule has 0 spiro atoms. The molecule has 0 N–H and O–H groups in total. The monoisotopic (exact) mass is 361 g/mol. The molecule has 0 aliphatic carbocycles. The maximum atomic E-state index is 12.7. The van der Waals surface area contributed by atoms with Gasteiger partial charge in [-0.3, -0.25) is 0 Å². The summed E-state index contributed by atoms with van der Waals surface area (Å²) in [6.45, 7) is 3.76. The Morgan fingerprint density at radius 2 is 2.15 bits per heavy atom. The van der Waals surface area contributed by atoms with Crippen molar-refractivity contribution in [3.05, 3.63) is 28.7 Å². The molecule has 6 heteroatoms. The Labute approximate surface area is 129 Å². The highest BCUT2D eigenvalue weighted by molar-refractivity contribution is 9.10. The van der Waals surface area contributed by atoms with Crippen LogP contribution in [-0.2, 0) is 14.8 Å². The molecule has 0 radical (unpaired) electrons. The van der Waals surface area contributed by atoms with E-state index in [1.54, 1.807) is 18.2 Å². The second-order valence-corrected chi connectivity index (χ2v) is 7.69. The molecule has 1 atom stereocenters. The third kappa shape index (κ3) is 3.61. The van der Waals surface area contributed by atoms with Crippen LogP contribution in [0.2, 0.25) is 0 Å². The van der Waals surface area contributed by atoms with Crippen LogP contribution in [0.4, 0.5) is 0 Å². The SMILES string of the molecule is CCCOC1CCCN(S(=O)(=O)c2ccccc2Br)C1. The van der Waals surface area contributed by atoms with Crippen molar-refractivity contribution in [1.82, 2.24) is 4.31 Å². The van der Waals surface area contributed by atoms with Gasteiger partial charge < -0.3 is 4.74 Å². The van der Waals surface area contributed by atoms with Crippen LogP contribution in [-0.4, -0.2) is 38.5 Å². The van der Waals surface area contributed by atoms with Crippen LogP contribution < -0.4 is 0 Å². The number of benzene rings is 1. The molecule has 4 nitrogen and oxygen atoms in total. The van der Waals surface area contributed by atoms with E-state index in [1.165, 1.54) is 4.31 Å². The Morgan fingerprint density at radius 3 is 2.85 bits per heavy atom. The van der Waals surface area contributed by atoms with Crippen LogP contribution >= 0.6 is 15.9 Å². The molecule has 20 heavy (non-hydrogen) atoms. The molecule has 1 saturated heterocycles. The third-order valence-electron chi connectivity index (χ3n) is 3.35. The second-order valence-electron chi connectivity index (χ2n) is 4.93. The van der Waals surface area contributed by atoms with E-state index < -0.39 is 10.0 Å². The summed E-state index contributed by atoms with van der Waals surface area (Å²) in [5.74, 6) is 0. The summed E-state index contributed by atoms with van der Waals surface area (Å²) >= 11 is 3.32. The summed E-state index contributed by atoms with van der Waals surface area (Å²) in [5, 5.41) is 0. The van der Waals surface area contributed by atoms with Crippen molar-refractivity contribution in [2.75, 3.05) is 19.7 Å². The van der Waals surface area contributed by atoms with E-state index in [-0.39, 0.29) is 6.10 Å². The molecular weight excluding hydrogens is 342 g/mol. The fourth-order valence-electron chi connectivity index (χ4n) is 2.34. The van der Waals surface area contributed by atoms with Gasteiger partial charge in [-0.1, -0.05) is 19.1 Å². The average molecular weight is 362 g/mol. The van der Waals surface area contributed by atoms with Crippen LogP contribution in [0.25, 0.3) is 0 Å². The highest BCUT2D eigenvalue weighted by atomic mass is 79.9. The Bertz CT molecular complexity index is 547. The van der Waals surface area contributed by atoms with E-state index in [2.05, 4.69) is 22.9 Å². The molecule has 1 aromatic carbocycles. The van der Waals surface area contributed by atoms with E-state index in [4.69, 9.17) is 4.74 Å². The van der Waals surface area contributed by atoms with Gasteiger partial charge in [-0.05, 0) is 47.3 Å². The van der Waals surface area contributed by atoms with Gasteiger partial charge in [0.25, 0.3) is 0 Å². The number of hydrogen-bond acceptors (Lipinski definition) is 3. The fourth-order valence-corrected chi connectivity index (χ4v) is 4.81. The number of piperidine rings is 1. The van der Waals surface area contributed by atoms with E-state index in [0.717, 1.165) is 19.3 Å². The van der Waals surface area contributed by atoms with Crippen LogP contribution in [0.3, 0.4) is 0 Å². The number of sulfonamides is 1. The predicted molar refractivity (Wildman–Crippen MR) is 82.2 cm³/mol. The van der Waals surface area contributed by atoms with Crippen LogP contribution in [0.5, 0.6) is 0 Å². The van der Waals surface area contributed by atoms with Crippen molar-refractivity contribution in [2.45, 2.75) is 37.2 Å². The zero-order valence-electron chi connectivity index (χ0n) is 11.6. The Morgan fingerprint density at radius 1 is 1.40 bits per heavy atom. The predicted octanol–water partition coefficient (Wildman–Crippen LogP) is 3.03. The van der Waals surface area contributed by atoms with E-state index in [9.17, 15) is 8.42 Å². The summed E-state index contributed by atoms with van der Waals surface area (Å²) in [6, 6.07) is 6.94. The van der Waals surface area contributed by atoms with Crippen LogP contribution in [0, 0.1) is 0 Å². The highest BCUT2D eigenvalue weighted by Gasteiger charge is 2.31. The minimum absolute atomic E-state index is 0.0148. The molecule has 0 saturated carbocycles. The quantitative estimate of drug-likeness (QED) is 0.809. The lowest BCUT2D eigenvalue weighted by molar-refractivity contribution is 0.0193. The number of nitrogens with zero attached hydrogens (tertiary/aromatic N) is 1. The minimum Gasteiger partial charge on any atom is -0.377 e. The summed E-state index contributed by atoms with van der Waals surface area (Å²) in [5.41, 5.74) is 0. The first kappa shape index (κ1) is 15.9. The van der Waals surface area contributed by atoms with Crippen molar-refractivity contribution in [3.63, 3.8) is 0 Å². The summed E-state index contributed by atoms with van der Waals surface area (Å²) in [6.07, 6.45) is 2.74. The van der Waals surface area contributed by atoms with Crippen LogP contribution in [0.1, 0.15) is 26.2 Å². The van der Waals surface area contributed by atoms with Crippen molar-refractivity contribution in [1.29, 1.82) is 0 Å². The first-order valence-electron chi connectivity index (χ1n) is 6.92. The van der Waals surface area contributed by atoms with Crippen molar-refractivity contribution in [3.8, 4) is 0 Å². The average Bonchev–Trinajstić information content (AvgIpc) is 2.45. The van der Waals surface area contributed by atoms with E-state index in [1.807, 2.05) is 6.07 Å². The number of rotatable bonds is 5. The molecule has 1 aromatic rings. The standard InChI is InChI=1S/C14H20BrNO3S/c1-2-10-19-12-6-5-9-16(11-12)20(17,18)14-8-4-3-7-13(14)15/h3-4,7-8,12H,2,5-6,9-11H2,1H3. The molecule has 1 unspecified atom stereocenters. The lowest BCUT2D eigenvalue weighted by atomic mass is 10.1. The maximum Gasteiger partial charge on any atom is 0.244 e. The van der Waals surface area contributed by atoms with Gasteiger partial charge >= 0.3 is 0 Å². The van der Waals surface area contributed by atoms with Gasteiger partial charge in [0.1, 0.15) is 0 Å². The molecule has 1 aliphatic rings. The van der Waals surface area contributed by atoms with E-state index >= 15 is 0 Å². The number of ether oxygens (including phenoxy) is 1. The minimum atomic E-state index is -3.44. The highest BCUT2D eigenvalue weighted by Crippen LogP contribution is 2.27. The summed E-state index contributed by atoms with van der Waals surface area (Å²) in [4.78, 5) is 0.330. The zero-order chi connectivity index (χ0) is 14.6. The Balaban J connectivity index is 2.15.